The molecular weight excluding hydrogens is 1060 g/mol. The summed E-state index contributed by atoms with van der Waals surface area (Å²) in [5.74, 6) is -0.636. The van der Waals surface area contributed by atoms with Gasteiger partial charge in [-0.25, -0.2) is 18.8 Å². The molecule has 0 radical (unpaired) electrons. The molecule has 7 N–H and O–H groups in total. The number of phenolic OH excluding ortho intramolecular Hbond substituents is 2. The van der Waals surface area contributed by atoms with Crippen molar-refractivity contribution in [2.24, 2.45) is 0 Å². The van der Waals surface area contributed by atoms with Gasteiger partial charge in [0.15, 0.2) is 57.9 Å². The maximum atomic E-state index is 14.7. The Morgan fingerprint density at radius 1 is 0.987 bits per heavy atom. The van der Waals surface area contributed by atoms with E-state index in [4.69, 9.17) is 37.9 Å². The van der Waals surface area contributed by atoms with Gasteiger partial charge in [0, 0.05) is 47.5 Å². The number of rotatable bonds is 9. The van der Waals surface area contributed by atoms with E-state index >= 15 is 0 Å². The first-order chi connectivity index (χ1) is 37.8. The summed E-state index contributed by atoms with van der Waals surface area (Å²) in [6, 6.07) is 3.13. The molecule has 3 fully saturated rings. The number of amides is 1. The normalized spacial score (nSPS) is 28.3. The van der Waals surface area contributed by atoms with Crippen molar-refractivity contribution in [1.29, 1.82) is 0 Å². The number of halogens is 1. The highest BCUT2D eigenvalue weighted by Gasteiger charge is 2.61. The van der Waals surface area contributed by atoms with Crippen LogP contribution in [0.4, 0.5) is 15.0 Å². The van der Waals surface area contributed by atoms with Crippen LogP contribution >= 0.6 is 11.8 Å². The lowest BCUT2D eigenvalue weighted by Crippen LogP contribution is -2.70. The summed E-state index contributed by atoms with van der Waals surface area (Å²) in [5.41, 5.74) is 3.41. The van der Waals surface area contributed by atoms with E-state index in [2.05, 4.69) is 20.5 Å². The van der Waals surface area contributed by atoms with Crippen molar-refractivity contribution in [2.45, 2.75) is 132 Å². The molecule has 25 heteroatoms. The molecule has 8 aliphatic rings. The molecule has 0 unspecified atom stereocenters. The first-order valence-electron chi connectivity index (χ1n) is 26.2. The summed E-state index contributed by atoms with van der Waals surface area (Å²) in [6.45, 7) is 8.94. The molecule has 8 aliphatic heterocycles. The van der Waals surface area contributed by atoms with Gasteiger partial charge in [-0.15, -0.1) is 11.8 Å². The van der Waals surface area contributed by atoms with E-state index in [9.17, 15) is 49.1 Å². The predicted molar refractivity (Wildman–Crippen MR) is 279 cm³/mol. The van der Waals surface area contributed by atoms with E-state index in [0.29, 0.717) is 76.6 Å². The summed E-state index contributed by atoms with van der Waals surface area (Å²) in [7, 11) is 4.96. The van der Waals surface area contributed by atoms with Gasteiger partial charge < -0.3 is 63.4 Å². The van der Waals surface area contributed by atoms with Crippen LogP contribution in [0.1, 0.15) is 108 Å². The number of phenols is 2. The Bertz CT molecular complexity index is 3150. The van der Waals surface area contributed by atoms with Crippen molar-refractivity contribution >= 4 is 35.6 Å². The Morgan fingerprint density at radius 3 is 2.44 bits per heavy atom. The van der Waals surface area contributed by atoms with Gasteiger partial charge in [-0.1, -0.05) is 25.8 Å². The number of ether oxygens (including phenoxy) is 8. The summed E-state index contributed by atoms with van der Waals surface area (Å²) in [5, 5.41) is 59.8. The number of aliphatic hydroxyl groups is 3. The third kappa shape index (κ3) is 9.43. The number of nitrogens with one attached hydrogen (secondary N) is 2. The Morgan fingerprint density at radius 2 is 1.75 bits per heavy atom. The quantitative estimate of drug-likeness (QED) is 0.0703. The molecule has 426 valence electrons. The zero-order valence-electron chi connectivity index (χ0n) is 44.9. The number of aliphatic hydroxyl groups excluding tert-OH is 3. The number of hydrogen-bond donors (Lipinski definition) is 7. The molecule has 4 aromatic rings. The van der Waals surface area contributed by atoms with E-state index in [0.717, 1.165) is 40.3 Å². The second-order valence-corrected chi connectivity index (χ2v) is 21.9. The van der Waals surface area contributed by atoms with Gasteiger partial charge in [0.1, 0.15) is 30.8 Å². The maximum absolute atomic E-state index is 14.7. The van der Waals surface area contributed by atoms with Gasteiger partial charge >= 0.3 is 23.7 Å². The number of carbonyl (C=O) groups excluding carboxylic acids is 3. The molecule has 0 aliphatic carbocycles. The zero-order chi connectivity index (χ0) is 56.5. The number of esters is 2. The lowest BCUT2D eigenvalue weighted by atomic mass is 9.73. The minimum Gasteiger partial charge on any atom is -0.504 e. The summed E-state index contributed by atoms with van der Waals surface area (Å²) in [4.78, 5) is 58.8. The highest BCUT2D eigenvalue weighted by Crippen LogP contribution is 2.64. The smallest absolute Gasteiger partial charge is 0.412 e. The number of fused-ring (bicyclic) bond motifs is 9. The van der Waals surface area contributed by atoms with Gasteiger partial charge in [0.2, 0.25) is 6.79 Å². The van der Waals surface area contributed by atoms with Crippen molar-refractivity contribution in [1.82, 2.24) is 24.7 Å². The SMILES string of the molecule is CCCCCOC(=O)Nc1nc(=O)n([C@@H]2O[C@H](C)[C@@H](O)[C@H]2O)cc1F.COc1cc2c(cc1O)CCN[C@]21CS[C@H]2c3c(OC(C)=O)c(C)c4c(c3[C@H](COC1=O)N1[C@@H]2[C@H]2c3c(cc(C)c(OC)c3O)C[C@@H]([C@@H]1O)N2C)OCO4. The van der Waals surface area contributed by atoms with Crippen LogP contribution in [0.5, 0.6) is 40.2 Å². The third-order valence-electron chi connectivity index (χ3n) is 16.1. The van der Waals surface area contributed by atoms with Crippen molar-refractivity contribution < 1.29 is 82.2 Å². The molecule has 12 rings (SSSR count). The molecule has 79 heavy (non-hydrogen) atoms. The molecule has 1 aromatic heterocycles. The second-order valence-electron chi connectivity index (χ2n) is 20.7. The number of unbranched alkanes of at least 4 members (excludes halogenated alkanes) is 2. The van der Waals surface area contributed by atoms with Crippen LogP contribution in [-0.2, 0) is 42.2 Å². The maximum Gasteiger partial charge on any atom is 0.412 e. The number of hydrogen-bond acceptors (Lipinski definition) is 22. The van der Waals surface area contributed by atoms with Crippen molar-refractivity contribution in [3.05, 3.63) is 85.2 Å². The van der Waals surface area contributed by atoms with Gasteiger partial charge in [-0.3, -0.25) is 29.8 Å². The molecule has 23 nitrogen and oxygen atoms in total. The Balaban J connectivity index is 0.000000237. The fourth-order valence-corrected chi connectivity index (χ4v) is 14.1. The molecule has 4 bridgehead atoms. The van der Waals surface area contributed by atoms with E-state index in [1.54, 1.807) is 12.1 Å². The van der Waals surface area contributed by atoms with Crippen molar-refractivity contribution in [3.8, 4) is 40.2 Å². The third-order valence-corrected chi connectivity index (χ3v) is 17.6. The Kier molecular flexibility index (Phi) is 15.5. The summed E-state index contributed by atoms with van der Waals surface area (Å²) < 4.78 is 60.9. The standard InChI is InChI=1S/C39H43N3O11S.C15H22FN3O6/c1-16-9-20-10-22-37(46)42-23-13-50-38(47)39(21-12-25(48-5)24(44)11-19(21)7-8-40-39)14-54-36(30(42)29(41(22)4)26(20)31(45)32(16)49-6)28-27(23)35-34(51-15-52-35)17(2)33(28)53-18(3)43;1-3-4-5-6-24-15(23)18-12-9(16)7-19(14(22)17-12)13-11(21)10(20)8(2)25-13/h9,11-12,22-23,29-30,36-37,40,44-46H,7-8,10,13-15H2,1-6H3;7-8,10-11,13,20-21H,3-6H2,1-2H3,(H,17,18,22,23)/t22-,23-,29+,30+,36-,37-,39+;8-,10-,11-,13-/m01/s1. The van der Waals surface area contributed by atoms with Crippen LogP contribution < -0.4 is 40.0 Å². The Labute approximate surface area is 457 Å². The highest BCUT2D eigenvalue weighted by atomic mass is 32.2. The number of piperazine rings is 1. The molecular formula is C54H65FN6O17S. The summed E-state index contributed by atoms with van der Waals surface area (Å²) >= 11 is 1.47. The zero-order valence-corrected chi connectivity index (χ0v) is 45.7. The van der Waals surface area contributed by atoms with Crippen LogP contribution in [0.3, 0.4) is 0 Å². The molecule has 11 atom stereocenters. The molecule has 3 aromatic carbocycles. The number of thioether (sulfide) groups is 1. The lowest BCUT2D eigenvalue weighted by Gasteiger charge is -2.62. The van der Waals surface area contributed by atoms with Crippen LogP contribution in [-0.4, -0.2) is 153 Å². The van der Waals surface area contributed by atoms with Gasteiger partial charge in [0.05, 0.1) is 56.5 Å². The fraction of sp³-hybridized carbons (Fsp3) is 0.537. The highest BCUT2D eigenvalue weighted by molar-refractivity contribution is 7.99. The van der Waals surface area contributed by atoms with Crippen LogP contribution in [0.2, 0.25) is 0 Å². The molecule has 1 amide bonds. The molecule has 1 spiro atoms. The first kappa shape index (κ1) is 55.8. The number of anilines is 1. The minimum atomic E-state index is -1.41. The van der Waals surface area contributed by atoms with Crippen LogP contribution in [0.25, 0.3) is 0 Å². The first-order valence-corrected chi connectivity index (χ1v) is 27.2. The fourth-order valence-electron chi connectivity index (χ4n) is 12.4. The van der Waals surface area contributed by atoms with E-state index in [-0.39, 0.29) is 49.0 Å². The van der Waals surface area contributed by atoms with Crippen LogP contribution in [0.15, 0.2) is 29.2 Å². The van der Waals surface area contributed by atoms with E-state index < -0.39 is 95.0 Å². The summed E-state index contributed by atoms with van der Waals surface area (Å²) in [6.07, 6.45) is -2.28. The number of aromatic hydroxyl groups is 2. The predicted octanol–water partition coefficient (Wildman–Crippen LogP) is 4.17. The van der Waals surface area contributed by atoms with Crippen molar-refractivity contribution in [3.63, 3.8) is 0 Å². The number of aryl methyl sites for hydroxylation is 1. The number of nitrogens with zero attached hydrogens (tertiary/aromatic N) is 4. The van der Waals surface area contributed by atoms with E-state index in [1.165, 1.54) is 39.8 Å². The molecule has 0 saturated carbocycles. The number of methoxy groups -OCH3 is 2. The topological polar surface area (TPSA) is 292 Å². The van der Waals surface area contributed by atoms with Gasteiger partial charge in [0.25, 0.3) is 0 Å². The van der Waals surface area contributed by atoms with Gasteiger partial charge in [-0.05, 0) is 81.5 Å². The largest absolute Gasteiger partial charge is 0.504 e. The van der Waals surface area contributed by atoms with Crippen molar-refractivity contribution in [2.75, 3.05) is 58.9 Å². The van der Waals surface area contributed by atoms with Crippen LogP contribution in [0, 0.1) is 19.7 Å². The number of carbonyl (C=O) groups is 3. The molecule has 3 saturated heterocycles. The van der Waals surface area contributed by atoms with E-state index in [1.807, 2.05) is 38.8 Å². The number of likely N-dealkylation sites (N-methyl/N-ethyl adjacent to an activating group) is 1. The average Bonchev–Trinajstić information content (AvgIpc) is 3.13. The Hall–Kier alpha value is -6.45. The minimum absolute atomic E-state index is 0.0226. The molecule has 9 heterocycles. The monoisotopic (exact) mass is 1120 g/mol. The number of benzene rings is 3. The number of aromatic nitrogens is 2. The lowest BCUT2D eigenvalue weighted by molar-refractivity contribution is -0.186. The van der Waals surface area contributed by atoms with Gasteiger partial charge in [-0.2, -0.15) is 4.98 Å². The second kappa shape index (κ2) is 21.9. The average molecular weight is 1120 g/mol.